The second-order valence-corrected chi connectivity index (χ2v) is 7.13. The second-order valence-electron chi connectivity index (χ2n) is 7.13. The van der Waals surface area contributed by atoms with Gasteiger partial charge in [0.15, 0.2) is 0 Å². The molecule has 0 radical (unpaired) electrons. The fourth-order valence-corrected chi connectivity index (χ4v) is 3.25. The van der Waals surface area contributed by atoms with Gasteiger partial charge in [0.2, 0.25) is 5.91 Å². The Morgan fingerprint density at radius 2 is 1.97 bits per heavy atom. The Balaban J connectivity index is 1.96. The molecule has 30 heavy (non-hydrogen) atoms. The first-order chi connectivity index (χ1) is 14.2. The summed E-state index contributed by atoms with van der Waals surface area (Å²) >= 11 is 0. The number of amides is 1. The van der Waals surface area contributed by atoms with Crippen LogP contribution in [-0.4, -0.2) is 17.4 Å². The molecule has 0 fully saturated rings. The van der Waals surface area contributed by atoms with Crippen LogP contribution in [0.25, 0.3) is 16.5 Å². The van der Waals surface area contributed by atoms with Crippen molar-refractivity contribution in [3.8, 4) is 5.75 Å². The number of fused-ring (bicyclic) bond motifs is 1. The molecule has 0 spiro atoms. The van der Waals surface area contributed by atoms with Crippen LogP contribution < -0.4 is 10.1 Å². The molecule has 0 saturated carbocycles. The minimum Gasteiger partial charge on any atom is -0.493 e. The lowest BCUT2D eigenvalue weighted by Crippen LogP contribution is -2.10. The average molecular weight is 408 g/mol. The molecule has 1 heterocycles. The van der Waals surface area contributed by atoms with Crippen LogP contribution in [0.4, 0.5) is 11.4 Å². The van der Waals surface area contributed by atoms with E-state index < -0.39 is 4.92 Å². The molecule has 1 aromatic heterocycles. The zero-order chi connectivity index (χ0) is 22.0. The Hall–Kier alpha value is -3.61. The van der Waals surface area contributed by atoms with Crippen molar-refractivity contribution in [2.45, 2.75) is 34.6 Å². The maximum atomic E-state index is 12.6. The predicted octanol–water partition coefficient (Wildman–Crippen LogP) is 5.71. The summed E-state index contributed by atoms with van der Waals surface area (Å²) in [6.45, 7) is 9.87. The topological polar surface area (TPSA) is 94.6 Å². The van der Waals surface area contributed by atoms with Gasteiger partial charge >= 0.3 is 0 Å². The molecule has 156 valence electrons. The lowest BCUT2D eigenvalue weighted by molar-refractivity contribution is -0.384. The molecule has 3 rings (SSSR count). The summed E-state index contributed by atoms with van der Waals surface area (Å²) < 4.78 is 11.6. The molecule has 0 aliphatic heterocycles. The van der Waals surface area contributed by atoms with Gasteiger partial charge < -0.3 is 14.5 Å². The predicted molar refractivity (Wildman–Crippen MR) is 117 cm³/mol. The number of furan rings is 1. The number of nitrogens with one attached hydrogen (secondary N) is 1. The van der Waals surface area contributed by atoms with E-state index >= 15 is 0 Å². The quantitative estimate of drug-likeness (QED) is 0.320. The SMILES string of the molecule is CCOc1cc2oc(C)c(C)c2cc1/C(C)=C/C(=O)Nc1cc([N+](=O)[O-])ccc1C. The van der Waals surface area contributed by atoms with Crippen molar-refractivity contribution in [2.75, 3.05) is 11.9 Å². The molecule has 1 N–H and O–H groups in total. The highest BCUT2D eigenvalue weighted by molar-refractivity contribution is 6.05. The smallest absolute Gasteiger partial charge is 0.271 e. The molecule has 0 saturated heterocycles. The zero-order valence-electron chi connectivity index (χ0n) is 17.7. The Bertz CT molecular complexity index is 1170. The number of carbonyl (C=O) groups excluding carboxylic acids is 1. The maximum absolute atomic E-state index is 12.6. The Morgan fingerprint density at radius 1 is 1.23 bits per heavy atom. The van der Waals surface area contributed by atoms with Crippen LogP contribution in [0.15, 0.2) is 40.8 Å². The molecule has 3 aromatic rings. The van der Waals surface area contributed by atoms with Gasteiger partial charge in [-0.2, -0.15) is 0 Å². The monoisotopic (exact) mass is 408 g/mol. The number of nitro groups is 1. The van der Waals surface area contributed by atoms with Gasteiger partial charge in [-0.3, -0.25) is 14.9 Å². The lowest BCUT2D eigenvalue weighted by atomic mass is 10.0. The minimum atomic E-state index is -0.491. The fraction of sp³-hybridized carbons (Fsp3) is 0.261. The summed E-state index contributed by atoms with van der Waals surface area (Å²) in [5, 5.41) is 14.7. The number of benzene rings is 2. The van der Waals surface area contributed by atoms with Gasteiger partial charge in [0.1, 0.15) is 17.1 Å². The number of aryl methyl sites for hydroxylation is 3. The normalized spacial score (nSPS) is 11.6. The highest BCUT2D eigenvalue weighted by Gasteiger charge is 2.15. The highest BCUT2D eigenvalue weighted by atomic mass is 16.6. The molecule has 0 aliphatic rings. The van der Waals surface area contributed by atoms with E-state index in [9.17, 15) is 14.9 Å². The molecule has 7 nitrogen and oxygen atoms in total. The summed E-state index contributed by atoms with van der Waals surface area (Å²) in [5.41, 5.74) is 4.34. The number of allylic oxidation sites excluding steroid dienone is 1. The molecule has 0 bridgehead atoms. The fourth-order valence-electron chi connectivity index (χ4n) is 3.25. The maximum Gasteiger partial charge on any atom is 0.271 e. The van der Waals surface area contributed by atoms with Crippen molar-refractivity contribution >= 4 is 33.8 Å². The number of nitrogens with zero attached hydrogens (tertiary/aromatic N) is 1. The van der Waals surface area contributed by atoms with Gasteiger partial charge in [0.05, 0.1) is 17.2 Å². The summed E-state index contributed by atoms with van der Waals surface area (Å²) in [7, 11) is 0. The molecule has 0 unspecified atom stereocenters. The summed E-state index contributed by atoms with van der Waals surface area (Å²) in [5.74, 6) is 1.09. The van der Waals surface area contributed by atoms with E-state index in [2.05, 4.69) is 5.32 Å². The van der Waals surface area contributed by atoms with Crippen LogP contribution in [0.3, 0.4) is 0 Å². The van der Waals surface area contributed by atoms with Crippen molar-refractivity contribution in [2.24, 2.45) is 0 Å². The van der Waals surface area contributed by atoms with E-state index in [0.29, 0.717) is 23.6 Å². The number of hydrogen-bond acceptors (Lipinski definition) is 5. The number of carbonyl (C=O) groups is 1. The zero-order valence-corrected chi connectivity index (χ0v) is 17.7. The Kier molecular flexibility index (Phi) is 5.91. The second kappa shape index (κ2) is 8.41. The average Bonchev–Trinajstić information content (AvgIpc) is 2.96. The number of ether oxygens (including phenoxy) is 1. The van der Waals surface area contributed by atoms with Gasteiger partial charge in [-0.15, -0.1) is 0 Å². The van der Waals surface area contributed by atoms with Gasteiger partial charge in [-0.05, 0) is 57.4 Å². The van der Waals surface area contributed by atoms with Crippen LogP contribution in [0, 0.1) is 30.9 Å². The third-order valence-electron chi connectivity index (χ3n) is 5.04. The summed E-state index contributed by atoms with van der Waals surface area (Å²) in [4.78, 5) is 23.1. The van der Waals surface area contributed by atoms with Crippen molar-refractivity contribution in [1.82, 2.24) is 0 Å². The van der Waals surface area contributed by atoms with Crippen LogP contribution in [0.5, 0.6) is 5.75 Å². The molecular formula is C23H24N2O5. The number of non-ortho nitro benzene ring substituents is 1. The van der Waals surface area contributed by atoms with Crippen molar-refractivity contribution in [3.05, 3.63) is 69.0 Å². The van der Waals surface area contributed by atoms with Gasteiger partial charge in [0, 0.05) is 35.2 Å². The number of nitro benzene ring substituents is 1. The third kappa shape index (κ3) is 4.20. The number of hydrogen-bond donors (Lipinski definition) is 1. The van der Waals surface area contributed by atoms with Crippen LogP contribution >= 0.6 is 0 Å². The first kappa shape index (κ1) is 21.1. The first-order valence-corrected chi connectivity index (χ1v) is 9.62. The highest BCUT2D eigenvalue weighted by Crippen LogP contribution is 2.35. The molecule has 0 atom stereocenters. The van der Waals surface area contributed by atoms with E-state index in [-0.39, 0.29) is 11.6 Å². The van der Waals surface area contributed by atoms with E-state index in [4.69, 9.17) is 9.15 Å². The molecule has 0 aliphatic carbocycles. The molecular weight excluding hydrogens is 384 g/mol. The van der Waals surface area contributed by atoms with Crippen molar-refractivity contribution in [1.29, 1.82) is 0 Å². The van der Waals surface area contributed by atoms with Crippen molar-refractivity contribution < 1.29 is 18.9 Å². The molecule has 2 aromatic carbocycles. The van der Waals surface area contributed by atoms with Gasteiger partial charge in [-0.25, -0.2) is 0 Å². The third-order valence-corrected chi connectivity index (χ3v) is 5.04. The van der Waals surface area contributed by atoms with Crippen LogP contribution in [-0.2, 0) is 4.79 Å². The minimum absolute atomic E-state index is 0.0773. The Morgan fingerprint density at radius 3 is 2.63 bits per heavy atom. The summed E-state index contributed by atoms with van der Waals surface area (Å²) in [6, 6.07) is 8.17. The number of rotatable bonds is 6. The molecule has 7 heteroatoms. The lowest BCUT2D eigenvalue weighted by Gasteiger charge is -2.12. The van der Waals surface area contributed by atoms with E-state index in [1.807, 2.05) is 39.8 Å². The standard InChI is InChI=1S/C23H24N2O5/c1-6-29-21-12-22-19(15(4)16(5)30-22)11-18(21)14(3)9-23(26)24-20-10-17(25(27)28)8-7-13(20)2/h7-12H,6H2,1-5H3,(H,24,26)/b14-9+. The first-order valence-electron chi connectivity index (χ1n) is 9.62. The van der Waals surface area contributed by atoms with Crippen molar-refractivity contribution in [3.63, 3.8) is 0 Å². The summed E-state index contributed by atoms with van der Waals surface area (Å²) in [6.07, 6.45) is 1.46. The van der Waals surface area contributed by atoms with Crippen LogP contribution in [0.1, 0.15) is 36.3 Å². The van der Waals surface area contributed by atoms with Gasteiger partial charge in [0.25, 0.3) is 5.69 Å². The number of anilines is 1. The van der Waals surface area contributed by atoms with E-state index in [1.165, 1.54) is 18.2 Å². The van der Waals surface area contributed by atoms with Gasteiger partial charge in [-0.1, -0.05) is 6.07 Å². The van der Waals surface area contributed by atoms with Crippen LogP contribution in [0.2, 0.25) is 0 Å². The Labute approximate surface area is 174 Å². The van der Waals surface area contributed by atoms with E-state index in [0.717, 1.165) is 33.4 Å². The van der Waals surface area contributed by atoms with E-state index in [1.54, 1.807) is 13.0 Å². The molecule has 1 amide bonds. The largest absolute Gasteiger partial charge is 0.493 e.